The fraction of sp³-hybridized carbons (Fsp3) is 0.200. The Labute approximate surface area is 152 Å². The van der Waals surface area contributed by atoms with Gasteiger partial charge < -0.3 is 9.88 Å². The molecule has 0 radical (unpaired) electrons. The minimum Gasteiger partial charge on any atom is -0.325 e. The summed E-state index contributed by atoms with van der Waals surface area (Å²) in [6, 6.07) is 16.2. The Morgan fingerprint density at radius 3 is 2.36 bits per heavy atom. The largest absolute Gasteiger partial charge is 0.325 e. The molecule has 25 heavy (non-hydrogen) atoms. The molecule has 128 valence electrons. The van der Waals surface area contributed by atoms with E-state index in [-0.39, 0.29) is 5.91 Å². The van der Waals surface area contributed by atoms with Crippen molar-refractivity contribution in [3.05, 3.63) is 77.6 Å². The maximum atomic E-state index is 12.1. The van der Waals surface area contributed by atoms with Gasteiger partial charge in [0.25, 0.3) is 0 Å². The highest BCUT2D eigenvalue weighted by Gasteiger charge is 2.08. The molecule has 0 atom stereocenters. The molecule has 1 heterocycles. The van der Waals surface area contributed by atoms with E-state index < -0.39 is 0 Å². The predicted octanol–water partition coefficient (Wildman–Crippen LogP) is 4.28. The molecular formula is C20H21N3OS. The van der Waals surface area contributed by atoms with Crippen LogP contribution >= 0.6 is 11.8 Å². The zero-order chi connectivity index (χ0) is 17.6. The minimum absolute atomic E-state index is 0.0289. The van der Waals surface area contributed by atoms with Crippen LogP contribution in [0.3, 0.4) is 0 Å². The Hall–Kier alpha value is -2.53. The van der Waals surface area contributed by atoms with Crippen molar-refractivity contribution in [1.29, 1.82) is 0 Å². The summed E-state index contributed by atoms with van der Waals surface area (Å²) in [6.45, 7) is 4.85. The lowest BCUT2D eigenvalue weighted by Crippen LogP contribution is -2.14. The van der Waals surface area contributed by atoms with E-state index in [1.54, 1.807) is 6.20 Å². The molecule has 1 aromatic heterocycles. The van der Waals surface area contributed by atoms with Crippen molar-refractivity contribution >= 4 is 23.4 Å². The summed E-state index contributed by atoms with van der Waals surface area (Å²) in [7, 11) is 0. The highest BCUT2D eigenvalue weighted by Crippen LogP contribution is 2.18. The normalized spacial score (nSPS) is 10.6. The van der Waals surface area contributed by atoms with Crippen molar-refractivity contribution in [2.24, 2.45) is 0 Å². The smallest absolute Gasteiger partial charge is 0.234 e. The Balaban J connectivity index is 1.56. The SMILES string of the molecule is Cc1ccc(Cn2ccnc2SCC(=O)Nc2ccc(C)cc2)cc1. The van der Waals surface area contributed by atoms with Crippen LogP contribution < -0.4 is 5.32 Å². The fourth-order valence-corrected chi connectivity index (χ4v) is 3.17. The van der Waals surface area contributed by atoms with E-state index in [9.17, 15) is 4.79 Å². The Morgan fingerprint density at radius 2 is 1.68 bits per heavy atom. The topological polar surface area (TPSA) is 46.9 Å². The molecule has 4 nitrogen and oxygen atoms in total. The van der Waals surface area contributed by atoms with Gasteiger partial charge in [0.2, 0.25) is 5.91 Å². The first-order valence-electron chi connectivity index (χ1n) is 8.16. The van der Waals surface area contributed by atoms with Crippen LogP contribution in [-0.4, -0.2) is 21.2 Å². The second-order valence-corrected chi connectivity index (χ2v) is 6.97. The molecule has 0 fully saturated rings. The molecule has 0 bridgehead atoms. The van der Waals surface area contributed by atoms with E-state index in [0.717, 1.165) is 17.4 Å². The third-order valence-electron chi connectivity index (χ3n) is 3.82. The summed E-state index contributed by atoms with van der Waals surface area (Å²) in [6.07, 6.45) is 3.72. The summed E-state index contributed by atoms with van der Waals surface area (Å²) in [4.78, 5) is 16.5. The van der Waals surface area contributed by atoms with Crippen molar-refractivity contribution in [2.75, 3.05) is 11.1 Å². The molecule has 3 aromatic rings. The number of aromatic nitrogens is 2. The first-order valence-corrected chi connectivity index (χ1v) is 9.15. The standard InChI is InChI=1S/C20H21N3OS/c1-15-3-7-17(8-4-15)13-23-12-11-21-20(23)25-14-19(24)22-18-9-5-16(2)6-10-18/h3-12H,13-14H2,1-2H3,(H,22,24). The first kappa shape index (κ1) is 17.3. The summed E-state index contributed by atoms with van der Waals surface area (Å²) < 4.78 is 2.06. The number of thioether (sulfide) groups is 1. The summed E-state index contributed by atoms with van der Waals surface area (Å²) >= 11 is 1.45. The number of benzene rings is 2. The maximum absolute atomic E-state index is 12.1. The van der Waals surface area contributed by atoms with Gasteiger partial charge in [0, 0.05) is 24.6 Å². The molecule has 0 aliphatic rings. The third-order valence-corrected chi connectivity index (χ3v) is 4.82. The number of amides is 1. The number of hydrogen-bond acceptors (Lipinski definition) is 3. The van der Waals surface area contributed by atoms with Gasteiger partial charge in [-0.1, -0.05) is 59.3 Å². The van der Waals surface area contributed by atoms with E-state index >= 15 is 0 Å². The van der Waals surface area contributed by atoms with E-state index in [0.29, 0.717) is 5.75 Å². The van der Waals surface area contributed by atoms with Crippen LogP contribution in [0.15, 0.2) is 66.1 Å². The minimum atomic E-state index is -0.0289. The molecule has 3 rings (SSSR count). The number of nitrogens with zero attached hydrogens (tertiary/aromatic N) is 2. The number of anilines is 1. The van der Waals surface area contributed by atoms with Crippen LogP contribution in [0.25, 0.3) is 0 Å². The van der Waals surface area contributed by atoms with Crippen LogP contribution in [0.4, 0.5) is 5.69 Å². The number of aryl methyl sites for hydroxylation is 2. The fourth-order valence-electron chi connectivity index (χ4n) is 2.41. The molecular weight excluding hydrogens is 330 g/mol. The zero-order valence-electron chi connectivity index (χ0n) is 14.4. The van der Waals surface area contributed by atoms with Crippen molar-refractivity contribution in [2.45, 2.75) is 25.5 Å². The van der Waals surface area contributed by atoms with Gasteiger partial charge in [-0.2, -0.15) is 0 Å². The van der Waals surface area contributed by atoms with E-state index in [2.05, 4.69) is 46.1 Å². The first-order chi connectivity index (χ1) is 12.1. The molecule has 0 saturated heterocycles. The molecule has 2 aromatic carbocycles. The third kappa shape index (κ3) is 4.97. The molecule has 1 N–H and O–H groups in total. The number of imidazole rings is 1. The van der Waals surface area contributed by atoms with Gasteiger partial charge in [0.05, 0.1) is 5.75 Å². The van der Waals surface area contributed by atoms with Crippen LogP contribution in [0.5, 0.6) is 0 Å². The van der Waals surface area contributed by atoms with Crippen molar-refractivity contribution in [3.63, 3.8) is 0 Å². The van der Waals surface area contributed by atoms with Gasteiger partial charge in [0.15, 0.2) is 5.16 Å². The molecule has 0 spiro atoms. The molecule has 0 unspecified atom stereocenters. The number of hydrogen-bond donors (Lipinski definition) is 1. The van der Waals surface area contributed by atoms with Crippen LogP contribution in [-0.2, 0) is 11.3 Å². The van der Waals surface area contributed by atoms with Gasteiger partial charge >= 0.3 is 0 Å². The average molecular weight is 351 g/mol. The van der Waals surface area contributed by atoms with Crippen LogP contribution in [0, 0.1) is 13.8 Å². The van der Waals surface area contributed by atoms with Crippen molar-refractivity contribution < 1.29 is 4.79 Å². The lowest BCUT2D eigenvalue weighted by atomic mass is 10.1. The maximum Gasteiger partial charge on any atom is 0.234 e. The average Bonchev–Trinajstić information content (AvgIpc) is 3.04. The van der Waals surface area contributed by atoms with E-state index in [1.807, 2.05) is 37.4 Å². The number of carbonyl (C=O) groups excluding carboxylic acids is 1. The van der Waals surface area contributed by atoms with E-state index in [4.69, 9.17) is 0 Å². The summed E-state index contributed by atoms with van der Waals surface area (Å²) in [5.41, 5.74) is 4.45. The van der Waals surface area contributed by atoms with Gasteiger partial charge in [0.1, 0.15) is 0 Å². The molecule has 0 aliphatic carbocycles. The zero-order valence-corrected chi connectivity index (χ0v) is 15.2. The van der Waals surface area contributed by atoms with Gasteiger partial charge in [-0.3, -0.25) is 4.79 Å². The molecule has 0 aliphatic heterocycles. The van der Waals surface area contributed by atoms with Crippen LogP contribution in [0.1, 0.15) is 16.7 Å². The van der Waals surface area contributed by atoms with Crippen molar-refractivity contribution in [3.8, 4) is 0 Å². The summed E-state index contributed by atoms with van der Waals surface area (Å²) in [5.74, 6) is 0.303. The molecule has 5 heteroatoms. The van der Waals surface area contributed by atoms with Gasteiger partial charge in [-0.05, 0) is 31.5 Å². The predicted molar refractivity (Wildman–Crippen MR) is 103 cm³/mol. The molecule has 0 saturated carbocycles. The summed E-state index contributed by atoms with van der Waals surface area (Å²) in [5, 5.41) is 3.76. The quantitative estimate of drug-likeness (QED) is 0.674. The van der Waals surface area contributed by atoms with Crippen molar-refractivity contribution in [1.82, 2.24) is 9.55 Å². The number of nitrogens with one attached hydrogen (secondary N) is 1. The Bertz CT molecular complexity index is 838. The van der Waals surface area contributed by atoms with Gasteiger partial charge in [-0.25, -0.2) is 4.98 Å². The second kappa shape index (κ2) is 8.03. The Morgan fingerprint density at radius 1 is 1.04 bits per heavy atom. The Kier molecular flexibility index (Phi) is 5.56. The highest BCUT2D eigenvalue weighted by molar-refractivity contribution is 7.99. The second-order valence-electron chi connectivity index (χ2n) is 6.03. The highest BCUT2D eigenvalue weighted by atomic mass is 32.2. The molecule has 1 amide bonds. The number of carbonyl (C=O) groups is 1. The number of rotatable bonds is 6. The lowest BCUT2D eigenvalue weighted by Gasteiger charge is -2.08. The van der Waals surface area contributed by atoms with Gasteiger partial charge in [-0.15, -0.1) is 0 Å². The van der Waals surface area contributed by atoms with E-state index in [1.165, 1.54) is 28.5 Å². The lowest BCUT2D eigenvalue weighted by molar-refractivity contribution is -0.113. The monoisotopic (exact) mass is 351 g/mol. The van der Waals surface area contributed by atoms with Crippen LogP contribution in [0.2, 0.25) is 0 Å².